The van der Waals surface area contributed by atoms with Crippen molar-refractivity contribution >= 4 is 44.2 Å². The second-order valence-electron chi connectivity index (χ2n) is 9.40. The number of para-hydroxylation sites is 2. The van der Waals surface area contributed by atoms with Gasteiger partial charge in [-0.25, -0.2) is 4.98 Å². The number of hydrogen-bond acceptors (Lipinski definition) is 2. The normalized spacial score (nSPS) is 11.4. The summed E-state index contributed by atoms with van der Waals surface area (Å²) >= 11 is 0. The number of aromatic nitrogens is 2. The zero-order chi connectivity index (χ0) is 25.2. The van der Waals surface area contributed by atoms with Gasteiger partial charge in [0.15, 0.2) is 0 Å². The molecule has 4 nitrogen and oxygen atoms in total. The summed E-state index contributed by atoms with van der Waals surface area (Å²) in [6.45, 7) is 2.69. The van der Waals surface area contributed by atoms with E-state index in [1.807, 2.05) is 60.4 Å². The van der Waals surface area contributed by atoms with E-state index in [-0.39, 0.29) is 5.91 Å². The van der Waals surface area contributed by atoms with E-state index in [0.29, 0.717) is 13.0 Å². The van der Waals surface area contributed by atoms with E-state index >= 15 is 0 Å². The van der Waals surface area contributed by atoms with Crippen molar-refractivity contribution in [1.29, 1.82) is 0 Å². The van der Waals surface area contributed by atoms with Crippen LogP contribution in [-0.2, 0) is 11.2 Å². The van der Waals surface area contributed by atoms with Gasteiger partial charge in [0.25, 0.3) is 0 Å². The molecule has 0 fully saturated rings. The van der Waals surface area contributed by atoms with Crippen LogP contribution in [0.3, 0.4) is 0 Å². The first-order chi connectivity index (χ1) is 18.2. The van der Waals surface area contributed by atoms with Crippen molar-refractivity contribution in [2.24, 2.45) is 0 Å². The van der Waals surface area contributed by atoms with Gasteiger partial charge in [-0.15, -0.1) is 0 Å². The summed E-state index contributed by atoms with van der Waals surface area (Å²) in [5, 5.41) is 4.59. The van der Waals surface area contributed by atoms with Crippen LogP contribution in [0.2, 0.25) is 0 Å². The van der Waals surface area contributed by atoms with Crippen LogP contribution in [-0.4, -0.2) is 22.4 Å². The summed E-state index contributed by atoms with van der Waals surface area (Å²) in [7, 11) is 0. The van der Waals surface area contributed by atoms with Gasteiger partial charge in [0, 0.05) is 34.6 Å². The quantitative estimate of drug-likeness (QED) is 0.251. The second-order valence-corrected chi connectivity index (χ2v) is 9.40. The number of rotatable bonds is 7. The van der Waals surface area contributed by atoms with E-state index in [2.05, 4.69) is 59.6 Å². The first-order valence-electron chi connectivity index (χ1n) is 13.0. The van der Waals surface area contributed by atoms with Crippen molar-refractivity contribution in [3.8, 4) is 11.4 Å². The van der Waals surface area contributed by atoms with Gasteiger partial charge in [0.2, 0.25) is 5.91 Å². The predicted molar refractivity (Wildman–Crippen MR) is 154 cm³/mol. The molecule has 4 heteroatoms. The van der Waals surface area contributed by atoms with Crippen LogP contribution in [0.25, 0.3) is 44.0 Å². The van der Waals surface area contributed by atoms with Crippen LogP contribution in [0.5, 0.6) is 0 Å². The van der Waals surface area contributed by atoms with Crippen LogP contribution >= 0.6 is 0 Å². The van der Waals surface area contributed by atoms with Gasteiger partial charge in [-0.05, 0) is 55.0 Å². The molecule has 0 saturated carbocycles. The molecule has 0 saturated heterocycles. The van der Waals surface area contributed by atoms with E-state index in [1.165, 1.54) is 10.9 Å². The molecule has 0 aliphatic rings. The number of nitrogens with zero attached hydrogens (tertiary/aromatic N) is 2. The van der Waals surface area contributed by atoms with Crippen LogP contribution in [0.15, 0.2) is 103 Å². The van der Waals surface area contributed by atoms with Gasteiger partial charge in [-0.3, -0.25) is 4.79 Å². The number of carbonyl (C=O) groups excluding carboxylic acids is 1. The highest BCUT2D eigenvalue weighted by atomic mass is 16.2. The van der Waals surface area contributed by atoms with Gasteiger partial charge in [0.1, 0.15) is 0 Å². The van der Waals surface area contributed by atoms with Crippen molar-refractivity contribution in [3.05, 3.63) is 109 Å². The molecule has 4 aromatic carbocycles. The number of pyridine rings is 1. The molecule has 2 aromatic heterocycles. The Kier molecular flexibility index (Phi) is 6.15. The Morgan fingerprint density at radius 1 is 0.784 bits per heavy atom. The second kappa shape index (κ2) is 9.90. The smallest absolute Gasteiger partial charge is 0.226 e. The Morgan fingerprint density at radius 2 is 1.51 bits per heavy atom. The van der Waals surface area contributed by atoms with E-state index < -0.39 is 0 Å². The number of benzene rings is 4. The molecule has 1 N–H and O–H groups in total. The van der Waals surface area contributed by atoms with E-state index in [0.717, 1.165) is 57.1 Å². The lowest BCUT2D eigenvalue weighted by Crippen LogP contribution is -2.30. The Hall–Kier alpha value is -4.44. The molecule has 0 spiro atoms. The zero-order valence-corrected chi connectivity index (χ0v) is 20.9. The standard InChI is InChI=1S/C33H29N3O/c1-2-36(31-19-9-13-23-11-3-5-14-25(23)31)32(37)20-10-16-27-26-15-6-8-18-29(26)35-33(27)30-22-21-24-12-4-7-17-28(24)34-30/h3-9,11-15,17-19,21-22,35H,2,10,16,20H2,1H3. The molecule has 0 bridgehead atoms. The molecule has 1 amide bonds. The summed E-state index contributed by atoms with van der Waals surface area (Å²) in [6, 6.07) is 35.2. The van der Waals surface area contributed by atoms with E-state index in [9.17, 15) is 4.79 Å². The van der Waals surface area contributed by atoms with Gasteiger partial charge in [-0.1, -0.05) is 78.9 Å². The molecule has 0 unspecified atom stereocenters. The van der Waals surface area contributed by atoms with Crippen LogP contribution < -0.4 is 4.90 Å². The van der Waals surface area contributed by atoms with Crippen LogP contribution in [0, 0.1) is 0 Å². The van der Waals surface area contributed by atoms with Crippen molar-refractivity contribution in [1.82, 2.24) is 9.97 Å². The highest BCUT2D eigenvalue weighted by Crippen LogP contribution is 2.32. The highest BCUT2D eigenvalue weighted by molar-refractivity contribution is 6.03. The number of hydrogen-bond donors (Lipinski definition) is 1. The predicted octanol–water partition coefficient (Wildman–Crippen LogP) is 7.91. The molecule has 0 aliphatic carbocycles. The molecular formula is C33H29N3O. The number of aryl methyl sites for hydroxylation is 1. The lowest BCUT2D eigenvalue weighted by molar-refractivity contribution is -0.118. The molecule has 0 radical (unpaired) electrons. The molecule has 6 rings (SSSR count). The fourth-order valence-electron chi connectivity index (χ4n) is 5.36. The monoisotopic (exact) mass is 483 g/mol. The lowest BCUT2D eigenvalue weighted by Gasteiger charge is -2.23. The minimum atomic E-state index is 0.157. The largest absolute Gasteiger partial charge is 0.353 e. The van der Waals surface area contributed by atoms with Gasteiger partial charge in [-0.2, -0.15) is 0 Å². The third-order valence-electron chi connectivity index (χ3n) is 7.16. The Labute approximate surface area is 216 Å². The molecule has 182 valence electrons. The fraction of sp³-hybridized carbons (Fsp3) is 0.152. The highest BCUT2D eigenvalue weighted by Gasteiger charge is 2.18. The minimum absolute atomic E-state index is 0.157. The third kappa shape index (κ3) is 4.36. The lowest BCUT2D eigenvalue weighted by atomic mass is 10.0. The first-order valence-corrected chi connectivity index (χ1v) is 13.0. The summed E-state index contributed by atoms with van der Waals surface area (Å²) in [4.78, 5) is 23.9. The Morgan fingerprint density at radius 3 is 2.38 bits per heavy atom. The van der Waals surface area contributed by atoms with E-state index in [4.69, 9.17) is 4.98 Å². The van der Waals surface area contributed by atoms with Crippen molar-refractivity contribution in [2.45, 2.75) is 26.2 Å². The van der Waals surface area contributed by atoms with Gasteiger partial charge < -0.3 is 9.88 Å². The van der Waals surface area contributed by atoms with Crippen LogP contribution in [0.1, 0.15) is 25.3 Å². The van der Waals surface area contributed by atoms with Gasteiger partial charge >= 0.3 is 0 Å². The number of anilines is 1. The maximum atomic E-state index is 13.4. The first kappa shape index (κ1) is 23.0. The van der Waals surface area contributed by atoms with E-state index in [1.54, 1.807) is 0 Å². The Balaban J connectivity index is 1.27. The summed E-state index contributed by atoms with van der Waals surface area (Å²) in [5.74, 6) is 0.157. The zero-order valence-electron chi connectivity index (χ0n) is 20.9. The SMILES string of the molecule is CCN(C(=O)CCCc1c(-c2ccc3ccccc3n2)[nH]c2ccccc12)c1cccc2ccccc12. The molecule has 6 aromatic rings. The number of aromatic amines is 1. The summed E-state index contributed by atoms with van der Waals surface area (Å²) < 4.78 is 0. The molecule has 2 heterocycles. The fourth-order valence-corrected chi connectivity index (χ4v) is 5.36. The summed E-state index contributed by atoms with van der Waals surface area (Å²) in [5.41, 5.74) is 6.26. The van der Waals surface area contributed by atoms with Crippen molar-refractivity contribution in [2.75, 3.05) is 11.4 Å². The topological polar surface area (TPSA) is 49.0 Å². The molecule has 37 heavy (non-hydrogen) atoms. The average Bonchev–Trinajstić information content (AvgIpc) is 3.32. The number of fused-ring (bicyclic) bond motifs is 3. The molecule has 0 aliphatic heterocycles. The molecule has 0 atom stereocenters. The number of amides is 1. The minimum Gasteiger partial charge on any atom is -0.353 e. The van der Waals surface area contributed by atoms with Crippen LogP contribution in [0.4, 0.5) is 5.69 Å². The number of H-pyrrole nitrogens is 1. The third-order valence-corrected chi connectivity index (χ3v) is 7.16. The van der Waals surface area contributed by atoms with Crippen molar-refractivity contribution < 1.29 is 4.79 Å². The van der Waals surface area contributed by atoms with Crippen molar-refractivity contribution in [3.63, 3.8) is 0 Å². The number of nitrogens with one attached hydrogen (secondary N) is 1. The maximum absolute atomic E-state index is 13.4. The number of carbonyl (C=O) groups is 1. The molecular weight excluding hydrogens is 454 g/mol. The summed E-state index contributed by atoms with van der Waals surface area (Å²) in [6.07, 6.45) is 2.05. The van der Waals surface area contributed by atoms with Gasteiger partial charge in [0.05, 0.1) is 22.6 Å². The Bertz CT molecular complexity index is 1730. The maximum Gasteiger partial charge on any atom is 0.226 e. The average molecular weight is 484 g/mol.